The summed E-state index contributed by atoms with van der Waals surface area (Å²) in [6, 6.07) is 2.17. The van der Waals surface area contributed by atoms with Crippen molar-refractivity contribution >= 4 is 33.3 Å². The van der Waals surface area contributed by atoms with Crippen LogP contribution in [0.2, 0.25) is 0 Å². The van der Waals surface area contributed by atoms with E-state index in [9.17, 15) is 4.79 Å². The summed E-state index contributed by atoms with van der Waals surface area (Å²) < 4.78 is 1.07. The van der Waals surface area contributed by atoms with Gasteiger partial charge in [0.2, 0.25) is 0 Å². The van der Waals surface area contributed by atoms with Crippen LogP contribution in [-0.2, 0) is 0 Å². The lowest BCUT2D eigenvalue weighted by molar-refractivity contribution is 0.191. The van der Waals surface area contributed by atoms with Gasteiger partial charge in [0.15, 0.2) is 0 Å². The number of carbonyl (C=O) groups excluding carboxylic acids is 1. The van der Waals surface area contributed by atoms with Crippen LogP contribution in [0.15, 0.2) is 15.9 Å². The molecular weight excluding hydrogens is 314 g/mol. The van der Waals surface area contributed by atoms with Crippen LogP contribution in [0.1, 0.15) is 24.8 Å². The molecular formula is C12H18BrN3OS. The molecule has 18 heavy (non-hydrogen) atoms. The summed E-state index contributed by atoms with van der Waals surface area (Å²) in [4.78, 5) is 15.0. The first-order valence-electron chi connectivity index (χ1n) is 5.91. The molecule has 3 N–H and O–H groups in total. The molecule has 2 amide bonds. The standard InChI is InChI=1S/C12H18BrN3OS/c1-12(2,6-14)7-16-4-9(15-11(16)17)10-3-8(13)5-18-10/h3,5,9H,4,6-7,14H2,1-2H3,(H,15,17). The summed E-state index contributed by atoms with van der Waals surface area (Å²) >= 11 is 5.10. The van der Waals surface area contributed by atoms with Crippen molar-refractivity contribution in [1.82, 2.24) is 10.2 Å². The zero-order valence-corrected chi connectivity index (χ0v) is 13.0. The lowest BCUT2D eigenvalue weighted by Gasteiger charge is -2.28. The molecule has 2 rings (SSSR count). The van der Waals surface area contributed by atoms with Gasteiger partial charge in [-0.15, -0.1) is 11.3 Å². The summed E-state index contributed by atoms with van der Waals surface area (Å²) in [7, 11) is 0. The van der Waals surface area contributed by atoms with Gasteiger partial charge in [-0.05, 0) is 34.0 Å². The van der Waals surface area contributed by atoms with Crippen molar-refractivity contribution in [2.75, 3.05) is 19.6 Å². The molecule has 1 aliphatic rings. The quantitative estimate of drug-likeness (QED) is 0.890. The molecule has 0 bridgehead atoms. The minimum Gasteiger partial charge on any atom is -0.330 e. The zero-order chi connectivity index (χ0) is 13.3. The van der Waals surface area contributed by atoms with E-state index in [1.165, 1.54) is 4.88 Å². The van der Waals surface area contributed by atoms with Crippen LogP contribution in [0, 0.1) is 5.41 Å². The third-order valence-electron chi connectivity index (χ3n) is 3.09. The number of nitrogens with zero attached hydrogens (tertiary/aromatic N) is 1. The fourth-order valence-corrected chi connectivity index (χ4v) is 3.47. The minimum absolute atomic E-state index is 0.00560. The molecule has 0 radical (unpaired) electrons. The number of urea groups is 1. The van der Waals surface area contributed by atoms with Crippen LogP contribution in [0.3, 0.4) is 0 Å². The van der Waals surface area contributed by atoms with Gasteiger partial charge in [-0.2, -0.15) is 0 Å². The monoisotopic (exact) mass is 331 g/mol. The lowest BCUT2D eigenvalue weighted by atomic mass is 9.93. The number of hydrogen-bond donors (Lipinski definition) is 2. The van der Waals surface area contributed by atoms with Gasteiger partial charge in [0.05, 0.1) is 6.04 Å². The van der Waals surface area contributed by atoms with Gasteiger partial charge < -0.3 is 16.0 Å². The highest BCUT2D eigenvalue weighted by Crippen LogP contribution is 2.30. The second-order valence-corrected chi connectivity index (χ2v) is 7.28. The van der Waals surface area contributed by atoms with Crippen molar-refractivity contribution < 1.29 is 4.79 Å². The molecule has 2 heterocycles. The van der Waals surface area contributed by atoms with Gasteiger partial charge in [-0.25, -0.2) is 4.79 Å². The Morgan fingerprint density at radius 3 is 2.94 bits per heavy atom. The minimum atomic E-state index is -0.0394. The first kappa shape index (κ1) is 13.8. The molecule has 1 fully saturated rings. The Kier molecular flexibility index (Phi) is 3.99. The van der Waals surface area contributed by atoms with E-state index in [1.54, 1.807) is 11.3 Å². The first-order valence-corrected chi connectivity index (χ1v) is 7.58. The van der Waals surface area contributed by atoms with Crippen molar-refractivity contribution in [2.45, 2.75) is 19.9 Å². The SMILES string of the molecule is CC(C)(CN)CN1CC(c2cc(Br)cs2)NC1=O. The Hall–Kier alpha value is -0.590. The predicted molar refractivity (Wildman–Crippen MR) is 77.7 cm³/mol. The fourth-order valence-electron chi connectivity index (χ4n) is 1.98. The molecule has 0 saturated carbocycles. The maximum atomic E-state index is 11.9. The van der Waals surface area contributed by atoms with Crippen LogP contribution in [0.4, 0.5) is 4.79 Å². The molecule has 1 aromatic heterocycles. The highest BCUT2D eigenvalue weighted by atomic mass is 79.9. The van der Waals surface area contributed by atoms with E-state index in [1.807, 2.05) is 10.3 Å². The second-order valence-electron chi connectivity index (χ2n) is 5.42. The van der Waals surface area contributed by atoms with Gasteiger partial charge >= 0.3 is 6.03 Å². The van der Waals surface area contributed by atoms with Gasteiger partial charge in [-0.1, -0.05) is 13.8 Å². The number of halogens is 1. The zero-order valence-electron chi connectivity index (χ0n) is 10.6. The van der Waals surface area contributed by atoms with Gasteiger partial charge in [0.1, 0.15) is 0 Å². The van der Waals surface area contributed by atoms with Crippen LogP contribution in [-0.4, -0.2) is 30.6 Å². The van der Waals surface area contributed by atoms with Gasteiger partial charge in [-0.3, -0.25) is 0 Å². The molecule has 1 atom stereocenters. The highest BCUT2D eigenvalue weighted by molar-refractivity contribution is 9.10. The van der Waals surface area contributed by atoms with Crippen LogP contribution in [0.25, 0.3) is 0 Å². The molecule has 1 aliphatic heterocycles. The predicted octanol–water partition coefficient (Wildman–Crippen LogP) is 2.56. The molecule has 1 unspecified atom stereocenters. The summed E-state index contributed by atoms with van der Waals surface area (Å²) in [6.07, 6.45) is 0. The maximum Gasteiger partial charge on any atom is 0.318 e. The number of amides is 2. The molecule has 0 spiro atoms. The normalized spacial score (nSPS) is 20.3. The molecule has 1 saturated heterocycles. The number of thiophene rings is 1. The van der Waals surface area contributed by atoms with Crippen LogP contribution < -0.4 is 11.1 Å². The van der Waals surface area contributed by atoms with Crippen molar-refractivity contribution in [3.05, 3.63) is 20.8 Å². The third kappa shape index (κ3) is 3.05. The first-order chi connectivity index (χ1) is 8.41. The smallest absolute Gasteiger partial charge is 0.318 e. The second kappa shape index (κ2) is 5.19. The Balaban J connectivity index is 2.03. The van der Waals surface area contributed by atoms with Gasteiger partial charge in [0, 0.05) is 27.8 Å². The fraction of sp³-hybridized carbons (Fsp3) is 0.583. The highest BCUT2D eigenvalue weighted by Gasteiger charge is 2.33. The summed E-state index contributed by atoms with van der Waals surface area (Å²) in [6.45, 7) is 6.14. The molecule has 6 heteroatoms. The maximum absolute atomic E-state index is 11.9. The van der Waals surface area contributed by atoms with E-state index in [4.69, 9.17) is 5.73 Å². The van der Waals surface area contributed by atoms with Crippen LogP contribution >= 0.6 is 27.3 Å². The number of rotatable bonds is 4. The number of hydrogen-bond acceptors (Lipinski definition) is 3. The third-order valence-corrected chi connectivity index (χ3v) is 4.90. The van der Waals surface area contributed by atoms with E-state index in [0.29, 0.717) is 13.1 Å². The number of nitrogens with two attached hydrogens (primary N) is 1. The summed E-state index contributed by atoms with van der Waals surface area (Å²) in [5.74, 6) is 0. The van der Waals surface area contributed by atoms with Crippen molar-refractivity contribution in [2.24, 2.45) is 11.1 Å². The topological polar surface area (TPSA) is 58.4 Å². The Morgan fingerprint density at radius 1 is 1.67 bits per heavy atom. The van der Waals surface area contributed by atoms with E-state index in [2.05, 4.69) is 41.2 Å². The molecule has 4 nitrogen and oxygen atoms in total. The molecule has 0 aliphatic carbocycles. The van der Waals surface area contributed by atoms with E-state index >= 15 is 0 Å². The van der Waals surface area contributed by atoms with E-state index in [-0.39, 0.29) is 17.5 Å². The Labute approximate surface area is 120 Å². The van der Waals surface area contributed by atoms with E-state index in [0.717, 1.165) is 11.0 Å². The van der Waals surface area contributed by atoms with Crippen molar-refractivity contribution in [3.63, 3.8) is 0 Å². The Bertz CT molecular complexity index is 446. The van der Waals surface area contributed by atoms with Crippen LogP contribution in [0.5, 0.6) is 0 Å². The number of carbonyl (C=O) groups is 1. The molecule has 0 aromatic carbocycles. The molecule has 100 valence electrons. The Morgan fingerprint density at radius 2 is 2.39 bits per heavy atom. The van der Waals surface area contributed by atoms with E-state index < -0.39 is 0 Å². The van der Waals surface area contributed by atoms with Crippen molar-refractivity contribution in [3.8, 4) is 0 Å². The average molecular weight is 332 g/mol. The van der Waals surface area contributed by atoms with Gasteiger partial charge in [0.25, 0.3) is 0 Å². The largest absolute Gasteiger partial charge is 0.330 e. The average Bonchev–Trinajstić information content (AvgIpc) is 2.86. The summed E-state index contributed by atoms with van der Waals surface area (Å²) in [5, 5.41) is 5.05. The summed E-state index contributed by atoms with van der Waals surface area (Å²) in [5.41, 5.74) is 5.68. The number of nitrogens with one attached hydrogen (secondary N) is 1. The molecule has 1 aromatic rings. The lowest BCUT2D eigenvalue weighted by Crippen LogP contribution is -2.40. The van der Waals surface area contributed by atoms with Crippen molar-refractivity contribution in [1.29, 1.82) is 0 Å².